The zero-order chi connectivity index (χ0) is 15.4. The average molecular weight is 372 g/mol. The van der Waals surface area contributed by atoms with Crippen molar-refractivity contribution >= 4 is 33.4 Å². The van der Waals surface area contributed by atoms with Gasteiger partial charge >= 0.3 is 0 Å². The molecule has 2 rings (SSSR count). The number of aromatic nitrogens is 3. The molecule has 7 nitrogen and oxygen atoms in total. The molecule has 0 saturated carbocycles. The molecule has 0 fully saturated rings. The largest absolute Gasteiger partial charge is 0.324 e. The lowest BCUT2D eigenvalue weighted by molar-refractivity contribution is -0.385. The Morgan fingerprint density at radius 3 is 2.86 bits per heavy atom. The van der Waals surface area contributed by atoms with Crippen molar-refractivity contribution in [3.05, 3.63) is 44.2 Å². The minimum atomic E-state index is -0.378. The van der Waals surface area contributed by atoms with E-state index in [-0.39, 0.29) is 10.6 Å². The molecule has 0 aliphatic rings. The van der Waals surface area contributed by atoms with Crippen LogP contribution in [-0.2, 0) is 18.8 Å². The van der Waals surface area contributed by atoms with Crippen LogP contribution >= 0.6 is 27.7 Å². The van der Waals surface area contributed by atoms with Gasteiger partial charge in [0.2, 0.25) is 0 Å². The lowest BCUT2D eigenvalue weighted by Gasteiger charge is -2.06. The minimum absolute atomic E-state index is 0.0958. The van der Waals surface area contributed by atoms with Crippen molar-refractivity contribution in [3.8, 4) is 0 Å². The van der Waals surface area contributed by atoms with E-state index in [2.05, 4.69) is 26.1 Å². The number of halogens is 1. The Morgan fingerprint density at radius 1 is 1.48 bits per heavy atom. The van der Waals surface area contributed by atoms with E-state index in [9.17, 15) is 10.1 Å². The first kappa shape index (κ1) is 15.9. The molecule has 0 spiro atoms. The Labute approximate surface area is 134 Å². The summed E-state index contributed by atoms with van der Waals surface area (Å²) < 4.78 is 2.60. The van der Waals surface area contributed by atoms with E-state index < -0.39 is 0 Å². The van der Waals surface area contributed by atoms with Crippen LogP contribution in [-0.4, -0.2) is 19.7 Å². The molecule has 9 heteroatoms. The number of benzene rings is 1. The van der Waals surface area contributed by atoms with E-state index >= 15 is 0 Å². The molecule has 1 aromatic heterocycles. The number of nitrogens with zero attached hydrogens (tertiary/aromatic N) is 4. The van der Waals surface area contributed by atoms with Gasteiger partial charge in [-0.1, -0.05) is 33.8 Å². The number of hydrogen-bond donors (Lipinski definition) is 1. The van der Waals surface area contributed by atoms with Crippen LogP contribution in [0.5, 0.6) is 0 Å². The van der Waals surface area contributed by atoms with Crippen LogP contribution in [0, 0.1) is 10.1 Å². The van der Waals surface area contributed by atoms with Gasteiger partial charge in [-0.15, -0.1) is 10.2 Å². The number of rotatable bonds is 6. The summed E-state index contributed by atoms with van der Waals surface area (Å²) in [4.78, 5) is 10.7. The summed E-state index contributed by atoms with van der Waals surface area (Å²) in [7, 11) is 0. The van der Waals surface area contributed by atoms with Crippen molar-refractivity contribution in [2.24, 2.45) is 5.73 Å². The Bertz CT molecular complexity index is 661. The molecule has 112 valence electrons. The van der Waals surface area contributed by atoms with Crippen molar-refractivity contribution in [1.29, 1.82) is 0 Å². The van der Waals surface area contributed by atoms with E-state index in [1.807, 2.05) is 11.5 Å². The van der Waals surface area contributed by atoms with Gasteiger partial charge in [0.15, 0.2) is 5.16 Å². The average Bonchev–Trinajstić information content (AvgIpc) is 2.87. The van der Waals surface area contributed by atoms with Gasteiger partial charge in [0.1, 0.15) is 5.82 Å². The molecule has 0 radical (unpaired) electrons. The number of hydrogen-bond acceptors (Lipinski definition) is 6. The molecule has 0 aliphatic heterocycles. The maximum Gasteiger partial charge on any atom is 0.274 e. The summed E-state index contributed by atoms with van der Waals surface area (Å²) in [5.41, 5.74) is 6.34. The molecule has 0 bridgehead atoms. The smallest absolute Gasteiger partial charge is 0.274 e. The van der Waals surface area contributed by atoms with Gasteiger partial charge in [0.05, 0.1) is 11.5 Å². The molecular weight excluding hydrogens is 358 g/mol. The Hall–Kier alpha value is -1.45. The van der Waals surface area contributed by atoms with Gasteiger partial charge in [0, 0.05) is 28.4 Å². The van der Waals surface area contributed by atoms with Crippen LogP contribution < -0.4 is 5.73 Å². The highest BCUT2D eigenvalue weighted by Crippen LogP contribution is 2.29. The van der Waals surface area contributed by atoms with Crippen LogP contribution in [0.15, 0.2) is 27.8 Å². The quantitative estimate of drug-likeness (QED) is 0.475. The van der Waals surface area contributed by atoms with Crippen molar-refractivity contribution in [1.82, 2.24) is 14.8 Å². The fraction of sp³-hybridized carbons (Fsp3) is 0.333. The van der Waals surface area contributed by atoms with E-state index in [4.69, 9.17) is 5.73 Å². The molecule has 0 unspecified atom stereocenters. The Morgan fingerprint density at radius 2 is 2.24 bits per heavy atom. The molecular formula is C12H14BrN5O2S. The highest BCUT2D eigenvalue weighted by Gasteiger charge is 2.16. The zero-order valence-electron chi connectivity index (χ0n) is 11.3. The van der Waals surface area contributed by atoms with E-state index in [0.717, 1.165) is 5.16 Å². The topological polar surface area (TPSA) is 99.9 Å². The third-order valence-corrected chi connectivity index (χ3v) is 4.40. The predicted molar refractivity (Wildman–Crippen MR) is 83.9 cm³/mol. The normalized spacial score (nSPS) is 10.8. The molecule has 21 heavy (non-hydrogen) atoms. The molecule has 2 aromatic rings. The van der Waals surface area contributed by atoms with Gasteiger partial charge in [-0.05, 0) is 13.0 Å². The first-order valence-corrected chi connectivity index (χ1v) is 8.02. The fourth-order valence-corrected chi connectivity index (χ4v) is 3.23. The zero-order valence-corrected chi connectivity index (χ0v) is 13.7. The van der Waals surface area contributed by atoms with Crippen LogP contribution in [0.2, 0.25) is 0 Å². The van der Waals surface area contributed by atoms with E-state index in [0.29, 0.717) is 34.7 Å². The first-order chi connectivity index (χ1) is 10.1. The first-order valence-electron chi connectivity index (χ1n) is 6.24. The second-order valence-corrected chi connectivity index (χ2v) is 6.02. The summed E-state index contributed by atoms with van der Waals surface area (Å²) >= 11 is 4.66. The van der Waals surface area contributed by atoms with Crippen molar-refractivity contribution in [3.63, 3.8) is 0 Å². The molecule has 0 aliphatic carbocycles. The fourth-order valence-electron chi connectivity index (χ4n) is 1.87. The van der Waals surface area contributed by atoms with Crippen LogP contribution in [0.1, 0.15) is 18.3 Å². The second-order valence-electron chi connectivity index (χ2n) is 4.17. The highest BCUT2D eigenvalue weighted by molar-refractivity contribution is 9.10. The van der Waals surface area contributed by atoms with Gasteiger partial charge < -0.3 is 10.3 Å². The monoisotopic (exact) mass is 371 g/mol. The van der Waals surface area contributed by atoms with Crippen LogP contribution in [0.3, 0.4) is 0 Å². The molecule has 1 heterocycles. The van der Waals surface area contributed by atoms with Gasteiger partial charge in [0.25, 0.3) is 5.69 Å². The highest BCUT2D eigenvalue weighted by atomic mass is 79.9. The summed E-state index contributed by atoms with van der Waals surface area (Å²) in [6.45, 7) is 3.01. The standard InChI is InChI=1S/C12H14BrN5O2S/c1-2-17-11(6-14)15-16-12(17)21-7-8-3-4-9(13)5-10(8)18(19)20/h3-5H,2,6-7,14H2,1H3. The third kappa shape index (κ3) is 3.60. The number of nitro groups is 1. The maximum atomic E-state index is 11.1. The number of nitro benzene ring substituents is 1. The number of nitrogens with two attached hydrogens (primary N) is 1. The maximum absolute atomic E-state index is 11.1. The van der Waals surface area contributed by atoms with Crippen molar-refractivity contribution in [2.45, 2.75) is 30.9 Å². The van der Waals surface area contributed by atoms with Crippen LogP contribution in [0.4, 0.5) is 5.69 Å². The van der Waals surface area contributed by atoms with E-state index in [1.165, 1.54) is 17.8 Å². The van der Waals surface area contributed by atoms with Gasteiger partial charge in [-0.3, -0.25) is 10.1 Å². The third-order valence-electron chi connectivity index (χ3n) is 2.89. The minimum Gasteiger partial charge on any atom is -0.324 e. The lowest BCUT2D eigenvalue weighted by atomic mass is 10.2. The van der Waals surface area contributed by atoms with Crippen molar-refractivity contribution in [2.75, 3.05) is 0 Å². The summed E-state index contributed by atoms with van der Waals surface area (Å²) in [6, 6.07) is 5.04. The molecule has 0 amide bonds. The Balaban J connectivity index is 2.20. The SMILES string of the molecule is CCn1c(CN)nnc1SCc1ccc(Br)cc1[N+](=O)[O-]. The predicted octanol–water partition coefficient (Wildman–Crippen LogP) is 2.72. The molecule has 0 saturated heterocycles. The molecule has 2 N–H and O–H groups in total. The van der Waals surface area contributed by atoms with E-state index in [1.54, 1.807) is 12.1 Å². The van der Waals surface area contributed by atoms with Gasteiger partial charge in [-0.25, -0.2) is 0 Å². The molecule has 0 atom stereocenters. The lowest BCUT2D eigenvalue weighted by Crippen LogP contribution is -2.08. The van der Waals surface area contributed by atoms with Crippen LogP contribution in [0.25, 0.3) is 0 Å². The number of thioether (sulfide) groups is 1. The van der Waals surface area contributed by atoms with Gasteiger partial charge in [-0.2, -0.15) is 0 Å². The summed E-state index contributed by atoms with van der Waals surface area (Å²) in [5.74, 6) is 1.16. The summed E-state index contributed by atoms with van der Waals surface area (Å²) in [6.07, 6.45) is 0. The second kappa shape index (κ2) is 7.01. The molecule has 1 aromatic carbocycles. The Kier molecular flexibility index (Phi) is 5.32. The van der Waals surface area contributed by atoms with Crippen molar-refractivity contribution < 1.29 is 4.92 Å². The summed E-state index contributed by atoms with van der Waals surface area (Å²) in [5, 5.41) is 19.9.